The van der Waals surface area contributed by atoms with Crippen molar-refractivity contribution in [3.8, 4) is 5.75 Å². The quantitative estimate of drug-likeness (QED) is 0.828. The molecule has 0 radical (unpaired) electrons. The predicted molar refractivity (Wildman–Crippen MR) is 70.8 cm³/mol. The summed E-state index contributed by atoms with van der Waals surface area (Å²) in [5, 5.41) is 7.38. The van der Waals surface area contributed by atoms with Gasteiger partial charge in [-0.2, -0.15) is 4.98 Å². The monoisotopic (exact) mass is 262 g/mol. The smallest absolute Gasteiger partial charge is 0.216 e. The van der Waals surface area contributed by atoms with Crippen molar-refractivity contribution in [2.45, 2.75) is 17.5 Å². The number of nitrogens with zero attached hydrogens (tertiary/aromatic N) is 2. The number of para-hydroxylation sites is 1. The van der Waals surface area contributed by atoms with Crippen LogP contribution in [0.2, 0.25) is 0 Å². The van der Waals surface area contributed by atoms with E-state index in [4.69, 9.17) is 10.5 Å². The average Bonchev–Trinajstić information content (AvgIpc) is 2.82. The maximum absolute atomic E-state index is 5.64. The molecule has 1 aliphatic heterocycles. The molecular weight excluding hydrogens is 248 g/mol. The molecule has 3 rings (SSSR count). The van der Waals surface area contributed by atoms with E-state index in [1.807, 2.05) is 12.1 Å². The first-order valence-electron chi connectivity index (χ1n) is 5.85. The van der Waals surface area contributed by atoms with E-state index < -0.39 is 0 Å². The lowest BCUT2D eigenvalue weighted by Crippen LogP contribution is -2.15. The number of hydrogen-bond donors (Lipinski definition) is 2. The molecule has 5 nitrogen and oxygen atoms in total. The van der Waals surface area contributed by atoms with Gasteiger partial charge in [-0.25, -0.2) is 5.10 Å². The Hall–Kier alpha value is -1.69. The zero-order valence-electron chi connectivity index (χ0n) is 9.80. The van der Waals surface area contributed by atoms with E-state index in [0.717, 1.165) is 24.5 Å². The Morgan fingerprint density at radius 2 is 2.33 bits per heavy atom. The van der Waals surface area contributed by atoms with Gasteiger partial charge >= 0.3 is 0 Å². The van der Waals surface area contributed by atoms with E-state index in [2.05, 4.69) is 27.3 Å². The number of fused-ring (bicyclic) bond motifs is 1. The highest BCUT2D eigenvalue weighted by Gasteiger charge is 2.21. The van der Waals surface area contributed by atoms with E-state index in [1.165, 1.54) is 5.56 Å². The Labute approximate surface area is 109 Å². The molecule has 2 aromatic rings. The van der Waals surface area contributed by atoms with Crippen LogP contribution in [-0.4, -0.2) is 27.5 Å². The van der Waals surface area contributed by atoms with Gasteiger partial charge in [0.05, 0.1) is 6.61 Å². The first-order valence-corrected chi connectivity index (χ1v) is 6.84. The van der Waals surface area contributed by atoms with E-state index in [9.17, 15) is 0 Å². The molecule has 0 amide bonds. The van der Waals surface area contributed by atoms with Crippen molar-refractivity contribution in [1.29, 1.82) is 0 Å². The summed E-state index contributed by atoms with van der Waals surface area (Å²) in [6.45, 7) is 0.776. The number of nitrogens with two attached hydrogens (primary N) is 1. The van der Waals surface area contributed by atoms with Crippen LogP contribution in [0.15, 0.2) is 29.4 Å². The molecule has 1 unspecified atom stereocenters. The molecule has 0 spiro atoms. The molecule has 1 aromatic carbocycles. The molecule has 0 saturated carbocycles. The van der Waals surface area contributed by atoms with Gasteiger partial charge in [-0.1, -0.05) is 30.0 Å². The summed E-state index contributed by atoms with van der Waals surface area (Å²) in [7, 11) is 0. The van der Waals surface area contributed by atoms with Crippen LogP contribution in [0.1, 0.15) is 17.9 Å². The summed E-state index contributed by atoms with van der Waals surface area (Å²) >= 11 is 1.62. The molecule has 0 fully saturated rings. The van der Waals surface area contributed by atoms with E-state index >= 15 is 0 Å². The van der Waals surface area contributed by atoms with Crippen LogP contribution in [0.3, 0.4) is 0 Å². The highest BCUT2D eigenvalue weighted by atomic mass is 32.2. The molecule has 1 atom stereocenters. The normalized spacial score (nSPS) is 18.1. The van der Waals surface area contributed by atoms with Crippen LogP contribution in [0, 0.1) is 0 Å². The van der Waals surface area contributed by atoms with Crippen LogP contribution in [0.4, 0.5) is 5.95 Å². The predicted octanol–water partition coefficient (Wildman–Crippen LogP) is 2.05. The third-order valence-corrected chi connectivity index (χ3v) is 3.99. The summed E-state index contributed by atoms with van der Waals surface area (Å²) in [4.78, 5) is 4.09. The van der Waals surface area contributed by atoms with Crippen molar-refractivity contribution in [3.05, 3.63) is 29.8 Å². The van der Waals surface area contributed by atoms with Gasteiger partial charge in [-0.05, 0) is 18.1 Å². The van der Waals surface area contributed by atoms with E-state index in [-0.39, 0.29) is 0 Å². The topological polar surface area (TPSA) is 76.8 Å². The minimum Gasteiger partial charge on any atom is -0.493 e. The Morgan fingerprint density at radius 3 is 3.17 bits per heavy atom. The Morgan fingerprint density at radius 1 is 1.44 bits per heavy atom. The summed E-state index contributed by atoms with van der Waals surface area (Å²) in [6.07, 6.45) is 1.03. The number of anilines is 1. The molecule has 0 bridgehead atoms. The zero-order valence-corrected chi connectivity index (χ0v) is 10.6. The lowest BCUT2D eigenvalue weighted by atomic mass is 9.95. The summed E-state index contributed by atoms with van der Waals surface area (Å²) in [5.74, 6) is 2.80. The van der Waals surface area contributed by atoms with Crippen LogP contribution < -0.4 is 10.5 Å². The molecule has 6 heteroatoms. The van der Waals surface area contributed by atoms with Gasteiger partial charge in [0, 0.05) is 11.7 Å². The molecule has 0 saturated heterocycles. The van der Waals surface area contributed by atoms with Crippen molar-refractivity contribution in [3.63, 3.8) is 0 Å². The van der Waals surface area contributed by atoms with Gasteiger partial charge in [0.15, 0.2) is 0 Å². The van der Waals surface area contributed by atoms with Crippen molar-refractivity contribution in [2.24, 2.45) is 0 Å². The third-order valence-electron chi connectivity index (χ3n) is 2.98. The second kappa shape index (κ2) is 4.89. The van der Waals surface area contributed by atoms with Crippen molar-refractivity contribution in [1.82, 2.24) is 15.2 Å². The van der Waals surface area contributed by atoms with Crippen LogP contribution in [-0.2, 0) is 0 Å². The fourth-order valence-corrected chi connectivity index (χ4v) is 3.06. The average molecular weight is 262 g/mol. The minimum atomic E-state index is 0.366. The lowest BCUT2D eigenvalue weighted by Gasteiger charge is -2.25. The van der Waals surface area contributed by atoms with Gasteiger partial charge < -0.3 is 10.5 Å². The number of benzene rings is 1. The van der Waals surface area contributed by atoms with Crippen molar-refractivity contribution < 1.29 is 4.74 Å². The number of nitrogens with one attached hydrogen (secondary N) is 1. The maximum atomic E-state index is 5.64. The standard InChI is InChI=1S/C12H14N4OS/c13-11-14-12(16-15-11)18-7-8-5-6-17-10-4-2-1-3-9(8)10/h1-4,8H,5-7H2,(H3,13,14,15,16). The first kappa shape index (κ1) is 11.4. The Balaban J connectivity index is 1.71. The fraction of sp³-hybridized carbons (Fsp3) is 0.333. The molecule has 18 heavy (non-hydrogen) atoms. The summed E-state index contributed by atoms with van der Waals surface area (Å²) in [5.41, 5.74) is 6.78. The molecule has 1 aromatic heterocycles. The molecule has 3 N–H and O–H groups in total. The number of hydrogen-bond acceptors (Lipinski definition) is 5. The number of nitrogen functional groups attached to an aromatic ring is 1. The number of H-pyrrole nitrogens is 1. The van der Waals surface area contributed by atoms with E-state index in [1.54, 1.807) is 11.8 Å². The molecule has 94 valence electrons. The fourth-order valence-electron chi connectivity index (χ4n) is 2.09. The SMILES string of the molecule is Nc1nc(SCC2CCOc3ccccc32)n[nH]1. The van der Waals surface area contributed by atoms with Crippen molar-refractivity contribution in [2.75, 3.05) is 18.1 Å². The first-order chi connectivity index (χ1) is 8.83. The third kappa shape index (κ3) is 2.28. The van der Waals surface area contributed by atoms with E-state index in [0.29, 0.717) is 17.0 Å². The minimum absolute atomic E-state index is 0.366. The van der Waals surface area contributed by atoms with Gasteiger partial charge in [0.2, 0.25) is 11.1 Å². The number of aromatic amines is 1. The highest BCUT2D eigenvalue weighted by Crippen LogP contribution is 2.36. The summed E-state index contributed by atoms with van der Waals surface area (Å²) < 4.78 is 5.64. The maximum Gasteiger partial charge on any atom is 0.216 e. The molecule has 1 aliphatic rings. The summed E-state index contributed by atoms with van der Waals surface area (Å²) in [6, 6.07) is 8.21. The van der Waals surface area contributed by atoms with Crippen LogP contribution >= 0.6 is 11.8 Å². The van der Waals surface area contributed by atoms with Crippen LogP contribution in [0.5, 0.6) is 5.75 Å². The molecular formula is C12H14N4OS. The van der Waals surface area contributed by atoms with Gasteiger partial charge in [0.25, 0.3) is 0 Å². The second-order valence-corrected chi connectivity index (χ2v) is 5.17. The van der Waals surface area contributed by atoms with Gasteiger partial charge in [0.1, 0.15) is 5.75 Å². The lowest BCUT2D eigenvalue weighted by molar-refractivity contribution is 0.273. The zero-order chi connectivity index (χ0) is 12.4. The van der Waals surface area contributed by atoms with Crippen molar-refractivity contribution >= 4 is 17.7 Å². The van der Waals surface area contributed by atoms with Gasteiger partial charge in [-0.15, -0.1) is 5.10 Å². The number of aromatic nitrogens is 3. The Kier molecular flexibility index (Phi) is 3.10. The number of thioether (sulfide) groups is 1. The number of rotatable bonds is 3. The highest BCUT2D eigenvalue weighted by molar-refractivity contribution is 7.99. The van der Waals surface area contributed by atoms with Crippen LogP contribution in [0.25, 0.3) is 0 Å². The second-order valence-electron chi connectivity index (χ2n) is 4.19. The molecule has 2 heterocycles. The van der Waals surface area contributed by atoms with Gasteiger partial charge in [-0.3, -0.25) is 0 Å². The number of ether oxygens (including phenoxy) is 1. The largest absolute Gasteiger partial charge is 0.493 e. The Bertz CT molecular complexity index is 542. The molecule has 0 aliphatic carbocycles.